The summed E-state index contributed by atoms with van der Waals surface area (Å²) in [5.41, 5.74) is 1.24. The number of hydrogen-bond acceptors (Lipinski definition) is 4. The highest BCUT2D eigenvalue weighted by molar-refractivity contribution is 9.10. The molecule has 0 saturated carbocycles. The fraction of sp³-hybridized carbons (Fsp3) is 0.500. The lowest BCUT2D eigenvalue weighted by Crippen LogP contribution is -2.19. The molecule has 1 aromatic rings. The van der Waals surface area contributed by atoms with Gasteiger partial charge in [0.25, 0.3) is 0 Å². The van der Waals surface area contributed by atoms with Gasteiger partial charge in [-0.2, -0.15) is 0 Å². The molecule has 0 aliphatic carbocycles. The maximum absolute atomic E-state index is 8.86. The van der Waals surface area contributed by atoms with Gasteiger partial charge in [-0.05, 0) is 23.8 Å². The van der Waals surface area contributed by atoms with Crippen LogP contribution in [-0.2, 0) is 11.3 Å². The minimum atomic E-state index is 0.206. The molecule has 0 amide bonds. The molecular weight excluding hydrogens is 302 g/mol. The van der Waals surface area contributed by atoms with Crippen LogP contribution in [0, 0.1) is 0 Å². The van der Waals surface area contributed by atoms with Crippen molar-refractivity contribution in [2.75, 3.05) is 32.6 Å². The van der Waals surface area contributed by atoms with Crippen LogP contribution < -0.4 is 5.32 Å². The molecule has 0 aromatic heterocycles. The zero-order valence-electron chi connectivity index (χ0n) is 9.91. The first-order valence-electron chi connectivity index (χ1n) is 5.49. The van der Waals surface area contributed by atoms with Crippen molar-refractivity contribution < 1.29 is 9.84 Å². The maximum atomic E-state index is 8.86. The second kappa shape index (κ2) is 8.94. The first kappa shape index (κ1) is 15.0. The van der Waals surface area contributed by atoms with Crippen molar-refractivity contribution in [3.05, 3.63) is 28.2 Å². The summed E-state index contributed by atoms with van der Waals surface area (Å²) in [5, 5.41) is 12.2. The van der Waals surface area contributed by atoms with Crippen LogP contribution in [0.5, 0.6) is 0 Å². The van der Waals surface area contributed by atoms with Crippen molar-refractivity contribution in [1.29, 1.82) is 0 Å². The molecule has 0 fully saturated rings. The third-order valence-electron chi connectivity index (χ3n) is 2.17. The highest BCUT2D eigenvalue weighted by Gasteiger charge is 2.03. The van der Waals surface area contributed by atoms with E-state index in [1.807, 2.05) is 6.07 Å². The molecule has 0 unspecified atom stereocenters. The largest absolute Gasteiger partial charge is 0.396 e. The molecule has 1 rings (SSSR count). The van der Waals surface area contributed by atoms with E-state index in [1.54, 1.807) is 18.9 Å². The van der Waals surface area contributed by atoms with Crippen LogP contribution in [0.2, 0.25) is 0 Å². The van der Waals surface area contributed by atoms with Crippen LogP contribution >= 0.6 is 27.7 Å². The van der Waals surface area contributed by atoms with Crippen molar-refractivity contribution >= 4 is 27.7 Å². The van der Waals surface area contributed by atoms with E-state index in [2.05, 4.69) is 33.4 Å². The van der Waals surface area contributed by atoms with Gasteiger partial charge in [-0.3, -0.25) is 0 Å². The van der Waals surface area contributed by atoms with Crippen molar-refractivity contribution in [3.63, 3.8) is 0 Å². The summed E-state index contributed by atoms with van der Waals surface area (Å²) in [4.78, 5) is 1.21. The van der Waals surface area contributed by atoms with E-state index in [0.717, 1.165) is 23.3 Å². The summed E-state index contributed by atoms with van der Waals surface area (Å²) in [7, 11) is 1.70. The molecule has 0 atom stereocenters. The fourth-order valence-electron chi connectivity index (χ4n) is 1.38. The predicted octanol–water partition coefficient (Wildman–Crippen LogP) is 2.27. The Morgan fingerprint density at radius 3 is 3.00 bits per heavy atom. The van der Waals surface area contributed by atoms with Crippen molar-refractivity contribution in [2.45, 2.75) is 11.4 Å². The normalized spacial score (nSPS) is 10.8. The summed E-state index contributed by atoms with van der Waals surface area (Å²) < 4.78 is 6.07. The Labute approximate surface area is 115 Å². The Morgan fingerprint density at radius 2 is 2.29 bits per heavy atom. The van der Waals surface area contributed by atoms with Crippen molar-refractivity contribution in [1.82, 2.24) is 5.32 Å². The molecule has 2 N–H and O–H groups in total. The van der Waals surface area contributed by atoms with Gasteiger partial charge in [0.1, 0.15) is 0 Å². The minimum absolute atomic E-state index is 0.206. The van der Waals surface area contributed by atoms with E-state index in [0.29, 0.717) is 6.61 Å². The summed E-state index contributed by atoms with van der Waals surface area (Å²) in [5.74, 6) is 0.729. The Kier molecular flexibility index (Phi) is 7.88. The van der Waals surface area contributed by atoms with Crippen molar-refractivity contribution in [2.24, 2.45) is 0 Å². The SMILES string of the molecule is COCCNCc1cc(Br)ccc1SCCO. The number of hydrogen-bond donors (Lipinski definition) is 2. The molecule has 0 aliphatic heterocycles. The van der Waals surface area contributed by atoms with E-state index >= 15 is 0 Å². The molecule has 0 saturated heterocycles. The standard InChI is InChI=1S/C12H18BrNO2S/c1-16-6-4-14-9-10-8-11(13)2-3-12(10)17-7-5-15/h2-3,8,14-15H,4-7,9H2,1H3. The molecule has 96 valence electrons. The number of halogens is 1. The Bertz CT molecular complexity index is 336. The number of benzene rings is 1. The Balaban J connectivity index is 2.56. The molecule has 5 heteroatoms. The monoisotopic (exact) mass is 319 g/mol. The van der Waals surface area contributed by atoms with Gasteiger partial charge in [0, 0.05) is 35.3 Å². The second-order valence-electron chi connectivity index (χ2n) is 3.49. The lowest BCUT2D eigenvalue weighted by molar-refractivity contribution is 0.199. The zero-order chi connectivity index (χ0) is 12.5. The van der Waals surface area contributed by atoms with Crippen LogP contribution in [0.3, 0.4) is 0 Å². The summed E-state index contributed by atoms with van der Waals surface area (Å²) in [6.07, 6.45) is 0. The fourth-order valence-corrected chi connectivity index (χ4v) is 2.58. The Hall–Kier alpha value is -0.0700. The number of rotatable bonds is 8. The molecule has 0 radical (unpaired) electrons. The predicted molar refractivity (Wildman–Crippen MR) is 75.5 cm³/mol. The quantitative estimate of drug-likeness (QED) is 0.570. The van der Waals surface area contributed by atoms with Crippen LogP contribution in [0.25, 0.3) is 0 Å². The summed E-state index contributed by atoms with van der Waals surface area (Å²) in [6.45, 7) is 2.58. The van der Waals surface area contributed by atoms with E-state index in [-0.39, 0.29) is 6.61 Å². The van der Waals surface area contributed by atoms with Crippen LogP contribution in [0.4, 0.5) is 0 Å². The molecule has 1 aromatic carbocycles. The first-order valence-corrected chi connectivity index (χ1v) is 7.27. The van der Waals surface area contributed by atoms with Gasteiger partial charge in [0.05, 0.1) is 13.2 Å². The number of methoxy groups -OCH3 is 1. The topological polar surface area (TPSA) is 41.5 Å². The van der Waals surface area contributed by atoms with E-state index in [4.69, 9.17) is 9.84 Å². The van der Waals surface area contributed by atoms with Crippen LogP contribution in [0.1, 0.15) is 5.56 Å². The Morgan fingerprint density at radius 1 is 1.47 bits per heavy atom. The van der Waals surface area contributed by atoms with Gasteiger partial charge in [0.2, 0.25) is 0 Å². The van der Waals surface area contributed by atoms with E-state index in [1.165, 1.54) is 10.5 Å². The number of ether oxygens (including phenoxy) is 1. The maximum Gasteiger partial charge on any atom is 0.0587 e. The number of aliphatic hydroxyl groups excluding tert-OH is 1. The number of thioether (sulfide) groups is 1. The number of aliphatic hydroxyl groups is 1. The molecule has 3 nitrogen and oxygen atoms in total. The van der Waals surface area contributed by atoms with Gasteiger partial charge >= 0.3 is 0 Å². The first-order chi connectivity index (χ1) is 8.27. The smallest absolute Gasteiger partial charge is 0.0587 e. The highest BCUT2D eigenvalue weighted by atomic mass is 79.9. The number of nitrogens with one attached hydrogen (secondary N) is 1. The average molecular weight is 320 g/mol. The van der Waals surface area contributed by atoms with E-state index < -0.39 is 0 Å². The molecule has 17 heavy (non-hydrogen) atoms. The summed E-state index contributed by atoms with van der Waals surface area (Å²) >= 11 is 5.15. The van der Waals surface area contributed by atoms with Gasteiger partial charge in [-0.1, -0.05) is 15.9 Å². The zero-order valence-corrected chi connectivity index (χ0v) is 12.3. The minimum Gasteiger partial charge on any atom is -0.396 e. The molecule has 0 heterocycles. The molecular formula is C12H18BrNO2S. The molecule has 0 spiro atoms. The van der Waals surface area contributed by atoms with Crippen molar-refractivity contribution in [3.8, 4) is 0 Å². The van der Waals surface area contributed by atoms with Gasteiger partial charge in [0.15, 0.2) is 0 Å². The highest BCUT2D eigenvalue weighted by Crippen LogP contribution is 2.25. The molecule has 0 aliphatic rings. The van der Waals surface area contributed by atoms with Crippen LogP contribution in [-0.4, -0.2) is 37.7 Å². The van der Waals surface area contributed by atoms with Gasteiger partial charge in [-0.15, -0.1) is 11.8 Å². The second-order valence-corrected chi connectivity index (χ2v) is 5.55. The van der Waals surface area contributed by atoms with E-state index in [9.17, 15) is 0 Å². The third-order valence-corrected chi connectivity index (χ3v) is 3.76. The third kappa shape index (κ3) is 5.88. The summed E-state index contributed by atoms with van der Waals surface area (Å²) in [6, 6.07) is 6.22. The molecule has 0 bridgehead atoms. The van der Waals surface area contributed by atoms with Crippen LogP contribution in [0.15, 0.2) is 27.6 Å². The average Bonchev–Trinajstić information content (AvgIpc) is 2.33. The lowest BCUT2D eigenvalue weighted by atomic mass is 10.2. The van der Waals surface area contributed by atoms with Gasteiger partial charge < -0.3 is 15.2 Å². The lowest BCUT2D eigenvalue weighted by Gasteiger charge is -2.10. The van der Waals surface area contributed by atoms with Gasteiger partial charge in [-0.25, -0.2) is 0 Å².